The van der Waals surface area contributed by atoms with Gasteiger partial charge in [-0.25, -0.2) is 19.7 Å². The lowest BCUT2D eigenvalue weighted by Crippen LogP contribution is -2.34. The van der Waals surface area contributed by atoms with Crippen LogP contribution in [-0.2, 0) is 16.1 Å². The fourth-order valence-corrected chi connectivity index (χ4v) is 5.38. The highest BCUT2D eigenvalue weighted by Gasteiger charge is 2.31. The summed E-state index contributed by atoms with van der Waals surface area (Å²) in [5, 5.41) is 3.95. The van der Waals surface area contributed by atoms with E-state index in [1.807, 2.05) is 25.1 Å². The van der Waals surface area contributed by atoms with Crippen LogP contribution in [0.25, 0.3) is 21.5 Å². The van der Waals surface area contributed by atoms with Crippen LogP contribution in [0.3, 0.4) is 0 Å². The Hall–Kier alpha value is -2.75. The standard InChI is InChI=1S/C22H21ClN4O4S/c1-12-6-13(23)7-16(20(12)31-14-2-4-24-5-3-14)19-21-17(25-11-26-19)8-15(32-21)9-27-18(28)10-30-22(27)29/h6-8,11,14,24H,2-5,9-10H2,1H3. The van der Waals surface area contributed by atoms with Crippen molar-refractivity contribution in [3.63, 3.8) is 0 Å². The number of halogens is 1. The van der Waals surface area contributed by atoms with Gasteiger partial charge in [-0.3, -0.25) is 4.79 Å². The normalized spacial score (nSPS) is 17.2. The van der Waals surface area contributed by atoms with Gasteiger partial charge in [0.2, 0.25) is 0 Å². The van der Waals surface area contributed by atoms with Gasteiger partial charge >= 0.3 is 6.09 Å². The molecule has 0 atom stereocenters. The van der Waals surface area contributed by atoms with Crippen molar-refractivity contribution in [1.29, 1.82) is 0 Å². The lowest BCUT2D eigenvalue weighted by atomic mass is 10.0. The predicted molar refractivity (Wildman–Crippen MR) is 121 cm³/mol. The van der Waals surface area contributed by atoms with E-state index in [2.05, 4.69) is 15.3 Å². The van der Waals surface area contributed by atoms with Crippen molar-refractivity contribution in [2.45, 2.75) is 32.4 Å². The molecule has 4 heterocycles. The molecule has 3 aromatic rings. The quantitative estimate of drug-likeness (QED) is 0.601. The molecule has 0 bridgehead atoms. The Kier molecular flexibility index (Phi) is 5.71. The minimum Gasteiger partial charge on any atom is -0.489 e. The summed E-state index contributed by atoms with van der Waals surface area (Å²) in [6, 6.07) is 5.63. The third kappa shape index (κ3) is 4.03. The van der Waals surface area contributed by atoms with E-state index in [-0.39, 0.29) is 25.2 Å². The number of rotatable bonds is 5. The Morgan fingerprint density at radius 3 is 2.81 bits per heavy atom. The van der Waals surface area contributed by atoms with E-state index in [4.69, 9.17) is 21.1 Å². The van der Waals surface area contributed by atoms with Gasteiger partial charge in [0.25, 0.3) is 5.91 Å². The smallest absolute Gasteiger partial charge is 0.417 e. The van der Waals surface area contributed by atoms with E-state index < -0.39 is 6.09 Å². The molecule has 1 aromatic carbocycles. The van der Waals surface area contributed by atoms with Crippen molar-refractivity contribution < 1.29 is 19.1 Å². The molecule has 10 heteroatoms. The maximum atomic E-state index is 11.9. The Bertz CT molecular complexity index is 1190. The maximum Gasteiger partial charge on any atom is 0.417 e. The summed E-state index contributed by atoms with van der Waals surface area (Å²) in [5.41, 5.74) is 3.21. The van der Waals surface area contributed by atoms with Gasteiger partial charge in [0.15, 0.2) is 6.61 Å². The zero-order chi connectivity index (χ0) is 22.2. The van der Waals surface area contributed by atoms with Crippen LogP contribution in [0.4, 0.5) is 4.79 Å². The number of hydrogen-bond donors (Lipinski definition) is 1. The number of carbonyl (C=O) groups excluding carboxylic acids is 2. The topological polar surface area (TPSA) is 93.7 Å². The van der Waals surface area contributed by atoms with Gasteiger partial charge in [-0.15, -0.1) is 11.3 Å². The molecule has 8 nitrogen and oxygen atoms in total. The molecule has 2 amide bonds. The summed E-state index contributed by atoms with van der Waals surface area (Å²) in [7, 11) is 0. The number of thiophene rings is 1. The molecule has 0 spiro atoms. The zero-order valence-electron chi connectivity index (χ0n) is 17.4. The number of nitrogens with one attached hydrogen (secondary N) is 1. The number of fused-ring (bicyclic) bond motifs is 1. The summed E-state index contributed by atoms with van der Waals surface area (Å²) >= 11 is 7.86. The molecule has 0 unspecified atom stereocenters. The summed E-state index contributed by atoms with van der Waals surface area (Å²) in [6.45, 7) is 3.76. The molecule has 2 aromatic heterocycles. The summed E-state index contributed by atoms with van der Waals surface area (Å²) < 4.78 is 12.1. The summed E-state index contributed by atoms with van der Waals surface area (Å²) in [5.74, 6) is 0.427. The first kappa shape index (κ1) is 21.1. The molecular weight excluding hydrogens is 452 g/mol. The van der Waals surface area contributed by atoms with Crippen LogP contribution in [0, 0.1) is 6.92 Å². The number of aryl methyl sites for hydroxylation is 1. The van der Waals surface area contributed by atoms with E-state index >= 15 is 0 Å². The van der Waals surface area contributed by atoms with Gasteiger partial charge in [0.05, 0.1) is 22.5 Å². The van der Waals surface area contributed by atoms with Crippen LogP contribution < -0.4 is 10.1 Å². The molecule has 1 N–H and O–H groups in total. The molecule has 2 aliphatic rings. The van der Waals surface area contributed by atoms with Gasteiger partial charge in [0.1, 0.15) is 18.2 Å². The highest BCUT2D eigenvalue weighted by molar-refractivity contribution is 7.19. The number of aromatic nitrogens is 2. The lowest BCUT2D eigenvalue weighted by molar-refractivity contribution is -0.126. The number of amides is 2. The number of imide groups is 1. The lowest BCUT2D eigenvalue weighted by Gasteiger charge is -2.26. The van der Waals surface area contributed by atoms with Gasteiger partial charge in [-0.05, 0) is 56.6 Å². The Balaban J connectivity index is 1.55. The average Bonchev–Trinajstić information content (AvgIpc) is 3.34. The minimum atomic E-state index is -0.623. The molecule has 2 fully saturated rings. The number of carbonyl (C=O) groups is 2. The third-order valence-corrected chi connectivity index (χ3v) is 6.92. The van der Waals surface area contributed by atoms with Crippen LogP contribution in [0.5, 0.6) is 5.75 Å². The van der Waals surface area contributed by atoms with Gasteiger partial charge < -0.3 is 14.8 Å². The largest absolute Gasteiger partial charge is 0.489 e. The summed E-state index contributed by atoms with van der Waals surface area (Å²) in [4.78, 5) is 34.6. The Labute approximate surface area is 193 Å². The van der Waals surface area contributed by atoms with Gasteiger partial charge in [-0.2, -0.15) is 0 Å². The number of benzene rings is 1. The molecule has 0 aliphatic carbocycles. The van der Waals surface area contributed by atoms with Crippen molar-refractivity contribution in [2.24, 2.45) is 0 Å². The van der Waals surface area contributed by atoms with E-state index in [0.29, 0.717) is 5.02 Å². The second-order valence-corrected chi connectivity index (χ2v) is 9.42. The van der Waals surface area contributed by atoms with Crippen molar-refractivity contribution in [3.05, 3.63) is 40.0 Å². The monoisotopic (exact) mass is 472 g/mol. The zero-order valence-corrected chi connectivity index (χ0v) is 19.0. The summed E-state index contributed by atoms with van der Waals surface area (Å²) in [6.07, 6.45) is 2.88. The minimum absolute atomic E-state index is 0.123. The number of cyclic esters (lactones) is 1. The predicted octanol–water partition coefficient (Wildman–Crippen LogP) is 3.93. The number of piperidine rings is 1. The van der Waals surface area contributed by atoms with Crippen LogP contribution in [0.2, 0.25) is 5.02 Å². The van der Waals surface area contributed by atoms with Gasteiger partial charge in [-0.1, -0.05) is 11.6 Å². The van der Waals surface area contributed by atoms with Crippen molar-refractivity contribution in [2.75, 3.05) is 19.7 Å². The first-order valence-corrected chi connectivity index (χ1v) is 11.6. The fraction of sp³-hybridized carbons (Fsp3) is 0.364. The number of nitrogens with zero attached hydrogens (tertiary/aromatic N) is 3. The molecule has 0 radical (unpaired) electrons. The molecular formula is C22H21ClN4O4S. The Morgan fingerprint density at radius 2 is 2.06 bits per heavy atom. The first-order chi connectivity index (χ1) is 15.5. The van der Waals surface area contributed by atoms with Crippen LogP contribution in [0.15, 0.2) is 24.5 Å². The van der Waals surface area contributed by atoms with Crippen molar-refractivity contribution >= 4 is 45.2 Å². The molecule has 32 heavy (non-hydrogen) atoms. The van der Waals surface area contributed by atoms with E-state index in [0.717, 1.165) is 68.5 Å². The maximum absolute atomic E-state index is 11.9. The van der Waals surface area contributed by atoms with Crippen molar-refractivity contribution in [3.8, 4) is 17.0 Å². The number of hydrogen-bond acceptors (Lipinski definition) is 8. The van der Waals surface area contributed by atoms with Crippen LogP contribution in [-0.4, -0.2) is 52.7 Å². The highest BCUT2D eigenvalue weighted by Crippen LogP contribution is 2.41. The van der Waals surface area contributed by atoms with E-state index in [1.54, 1.807) is 0 Å². The average molecular weight is 473 g/mol. The van der Waals surface area contributed by atoms with Crippen molar-refractivity contribution in [1.82, 2.24) is 20.2 Å². The molecule has 0 saturated carbocycles. The molecule has 166 valence electrons. The van der Waals surface area contributed by atoms with E-state index in [1.165, 1.54) is 17.7 Å². The molecule has 2 saturated heterocycles. The highest BCUT2D eigenvalue weighted by atomic mass is 35.5. The second-order valence-electron chi connectivity index (χ2n) is 7.85. The first-order valence-electron chi connectivity index (χ1n) is 10.4. The van der Waals surface area contributed by atoms with E-state index in [9.17, 15) is 9.59 Å². The van der Waals surface area contributed by atoms with Crippen LogP contribution in [0.1, 0.15) is 23.3 Å². The molecule has 5 rings (SSSR count). The number of ether oxygens (including phenoxy) is 2. The third-order valence-electron chi connectivity index (χ3n) is 5.58. The Morgan fingerprint density at radius 1 is 1.25 bits per heavy atom. The van der Waals surface area contributed by atoms with Gasteiger partial charge in [0, 0.05) is 15.5 Å². The SMILES string of the molecule is Cc1cc(Cl)cc(-c2ncnc3cc(CN4C(=O)COC4=O)sc23)c1OC1CCNCC1. The second kappa shape index (κ2) is 8.65. The molecule has 2 aliphatic heterocycles. The van der Waals surface area contributed by atoms with Crippen LogP contribution >= 0.6 is 22.9 Å². The fourth-order valence-electron chi connectivity index (χ4n) is 4.01.